The van der Waals surface area contributed by atoms with Crippen molar-refractivity contribution in [2.24, 2.45) is 0 Å². The summed E-state index contributed by atoms with van der Waals surface area (Å²) < 4.78 is 0. The van der Waals surface area contributed by atoms with Crippen molar-refractivity contribution in [2.45, 2.75) is 19.9 Å². The van der Waals surface area contributed by atoms with Gasteiger partial charge in [0, 0.05) is 23.5 Å². The van der Waals surface area contributed by atoms with Gasteiger partial charge in [-0.25, -0.2) is 0 Å². The van der Waals surface area contributed by atoms with E-state index < -0.39 is 0 Å². The number of anilines is 1. The SMILES string of the molecule is CC1=C(C(=O)Nc2ccccc2C)[C@H](c2cccc(Cl)c2)NC(=S)N1C. The van der Waals surface area contributed by atoms with Crippen LogP contribution in [0, 0.1) is 6.92 Å². The molecule has 6 heteroatoms. The van der Waals surface area contributed by atoms with Gasteiger partial charge in [0.15, 0.2) is 5.11 Å². The Kier molecular flexibility index (Phi) is 5.30. The zero-order valence-electron chi connectivity index (χ0n) is 14.8. The summed E-state index contributed by atoms with van der Waals surface area (Å²) in [6.45, 7) is 3.86. The van der Waals surface area contributed by atoms with E-state index in [1.54, 1.807) is 0 Å². The van der Waals surface area contributed by atoms with Gasteiger partial charge in [-0.05, 0) is 55.4 Å². The Morgan fingerprint density at radius 2 is 1.92 bits per heavy atom. The Labute approximate surface area is 163 Å². The molecule has 1 heterocycles. The Morgan fingerprint density at radius 3 is 2.62 bits per heavy atom. The predicted molar refractivity (Wildman–Crippen MR) is 110 cm³/mol. The number of halogens is 1. The largest absolute Gasteiger partial charge is 0.351 e. The molecule has 3 rings (SSSR count). The first-order chi connectivity index (χ1) is 12.4. The number of thiocarbonyl (C=S) groups is 1. The first kappa shape index (κ1) is 18.4. The van der Waals surface area contributed by atoms with Crippen molar-refractivity contribution in [3.8, 4) is 0 Å². The maximum absolute atomic E-state index is 13.1. The number of amides is 1. The van der Waals surface area contributed by atoms with Crippen molar-refractivity contribution in [1.82, 2.24) is 10.2 Å². The molecule has 4 nitrogen and oxygen atoms in total. The summed E-state index contributed by atoms with van der Waals surface area (Å²) >= 11 is 11.6. The van der Waals surface area contributed by atoms with Crippen molar-refractivity contribution >= 4 is 40.5 Å². The summed E-state index contributed by atoms with van der Waals surface area (Å²) in [5.41, 5.74) is 4.11. The van der Waals surface area contributed by atoms with Gasteiger partial charge in [0.25, 0.3) is 5.91 Å². The molecule has 0 fully saturated rings. The van der Waals surface area contributed by atoms with Crippen molar-refractivity contribution < 1.29 is 4.79 Å². The van der Waals surface area contributed by atoms with Gasteiger partial charge >= 0.3 is 0 Å². The van der Waals surface area contributed by atoms with Crippen molar-refractivity contribution in [3.63, 3.8) is 0 Å². The first-order valence-corrected chi connectivity index (χ1v) is 9.04. The fraction of sp³-hybridized carbons (Fsp3) is 0.200. The number of allylic oxidation sites excluding steroid dienone is 1. The van der Waals surface area contributed by atoms with Crippen LogP contribution in [0.1, 0.15) is 24.1 Å². The zero-order chi connectivity index (χ0) is 18.8. The molecule has 2 aromatic rings. The van der Waals surface area contributed by atoms with E-state index in [0.29, 0.717) is 15.7 Å². The summed E-state index contributed by atoms with van der Waals surface area (Å²) in [7, 11) is 1.85. The fourth-order valence-corrected chi connectivity index (χ4v) is 3.42. The third kappa shape index (κ3) is 3.59. The molecule has 26 heavy (non-hydrogen) atoms. The van der Waals surface area contributed by atoms with Gasteiger partial charge in [-0.1, -0.05) is 41.9 Å². The lowest BCUT2D eigenvalue weighted by Crippen LogP contribution is -2.46. The summed E-state index contributed by atoms with van der Waals surface area (Å²) in [6, 6.07) is 14.8. The minimum Gasteiger partial charge on any atom is -0.351 e. The average Bonchev–Trinajstić information content (AvgIpc) is 2.61. The van der Waals surface area contributed by atoms with Crippen molar-refractivity contribution in [1.29, 1.82) is 0 Å². The summed E-state index contributed by atoms with van der Waals surface area (Å²) in [5.74, 6) is -0.163. The van der Waals surface area contributed by atoms with E-state index in [4.69, 9.17) is 23.8 Å². The summed E-state index contributed by atoms with van der Waals surface area (Å²) in [4.78, 5) is 14.9. The number of para-hydroxylation sites is 1. The Hall–Kier alpha value is -2.37. The van der Waals surface area contributed by atoms with Gasteiger partial charge in [-0.15, -0.1) is 0 Å². The van der Waals surface area contributed by atoms with Gasteiger partial charge in [-0.3, -0.25) is 4.79 Å². The summed E-state index contributed by atoms with van der Waals surface area (Å²) in [6.07, 6.45) is 0. The molecule has 134 valence electrons. The van der Waals surface area contributed by atoms with Crippen LogP contribution in [0.4, 0.5) is 5.69 Å². The number of nitrogens with one attached hydrogen (secondary N) is 2. The normalized spacial score (nSPS) is 17.2. The fourth-order valence-electron chi connectivity index (χ4n) is 2.97. The Bertz CT molecular complexity index is 909. The molecule has 0 bridgehead atoms. The van der Waals surface area contributed by atoms with Crippen LogP contribution in [0.5, 0.6) is 0 Å². The van der Waals surface area contributed by atoms with Crippen molar-refractivity contribution in [3.05, 3.63) is 76.0 Å². The maximum Gasteiger partial charge on any atom is 0.255 e. The molecule has 0 unspecified atom stereocenters. The molecule has 0 spiro atoms. The molecular formula is C20H20ClN3OS. The van der Waals surface area contributed by atoms with Crippen LogP contribution in [-0.2, 0) is 4.79 Å². The van der Waals surface area contributed by atoms with E-state index >= 15 is 0 Å². The van der Waals surface area contributed by atoms with Gasteiger partial charge in [-0.2, -0.15) is 0 Å². The van der Waals surface area contributed by atoms with Crippen LogP contribution < -0.4 is 10.6 Å². The lowest BCUT2D eigenvalue weighted by atomic mass is 9.94. The lowest BCUT2D eigenvalue weighted by Gasteiger charge is -2.36. The lowest BCUT2D eigenvalue weighted by molar-refractivity contribution is -0.113. The van der Waals surface area contributed by atoms with E-state index in [9.17, 15) is 4.79 Å². The van der Waals surface area contributed by atoms with Crippen LogP contribution in [0.15, 0.2) is 59.8 Å². The third-order valence-corrected chi connectivity index (χ3v) is 5.20. The van der Waals surface area contributed by atoms with Gasteiger partial charge < -0.3 is 15.5 Å². The summed E-state index contributed by atoms with van der Waals surface area (Å²) in [5, 5.41) is 7.46. The predicted octanol–water partition coefficient (Wildman–Crippen LogP) is 4.42. The van der Waals surface area contributed by atoms with Crippen LogP contribution in [-0.4, -0.2) is 23.0 Å². The molecular weight excluding hydrogens is 366 g/mol. The van der Waals surface area contributed by atoms with E-state index in [2.05, 4.69) is 10.6 Å². The molecule has 0 radical (unpaired) electrons. The number of nitrogens with zero attached hydrogens (tertiary/aromatic N) is 1. The topological polar surface area (TPSA) is 44.4 Å². The minimum absolute atomic E-state index is 0.163. The molecule has 0 saturated heterocycles. The average molecular weight is 386 g/mol. The number of carbonyl (C=O) groups is 1. The van der Waals surface area contributed by atoms with Crippen LogP contribution in [0.25, 0.3) is 0 Å². The number of hydrogen-bond acceptors (Lipinski definition) is 2. The molecule has 1 aliphatic heterocycles. The number of hydrogen-bond donors (Lipinski definition) is 2. The molecule has 0 aliphatic carbocycles. The molecule has 0 aromatic heterocycles. The second kappa shape index (κ2) is 7.48. The quantitative estimate of drug-likeness (QED) is 0.767. The molecule has 0 saturated carbocycles. The van der Waals surface area contributed by atoms with E-state index in [1.165, 1.54) is 0 Å². The van der Waals surface area contributed by atoms with Crippen molar-refractivity contribution in [2.75, 3.05) is 12.4 Å². The van der Waals surface area contributed by atoms with Crippen LogP contribution >= 0.6 is 23.8 Å². The second-order valence-corrected chi connectivity index (χ2v) is 7.09. The Morgan fingerprint density at radius 1 is 1.19 bits per heavy atom. The number of carbonyl (C=O) groups excluding carboxylic acids is 1. The third-order valence-electron chi connectivity index (χ3n) is 4.57. The van der Waals surface area contributed by atoms with E-state index in [0.717, 1.165) is 22.5 Å². The molecule has 1 amide bonds. The number of aryl methyl sites for hydroxylation is 1. The Balaban J connectivity index is 2.02. The highest BCUT2D eigenvalue weighted by Crippen LogP contribution is 2.32. The first-order valence-electron chi connectivity index (χ1n) is 8.26. The maximum atomic E-state index is 13.1. The highest BCUT2D eigenvalue weighted by Gasteiger charge is 2.32. The molecule has 2 N–H and O–H groups in total. The van der Waals surface area contributed by atoms with Gasteiger partial charge in [0.1, 0.15) is 0 Å². The zero-order valence-corrected chi connectivity index (χ0v) is 16.4. The number of benzene rings is 2. The van der Waals surface area contributed by atoms with Crippen LogP contribution in [0.2, 0.25) is 5.02 Å². The van der Waals surface area contributed by atoms with E-state index in [-0.39, 0.29) is 11.9 Å². The monoisotopic (exact) mass is 385 g/mol. The number of rotatable bonds is 3. The second-order valence-electron chi connectivity index (χ2n) is 6.26. The molecule has 2 aromatic carbocycles. The smallest absolute Gasteiger partial charge is 0.255 e. The minimum atomic E-state index is -0.360. The van der Waals surface area contributed by atoms with Gasteiger partial charge in [0.2, 0.25) is 0 Å². The standard InChI is InChI=1S/C20H20ClN3OS/c1-12-7-4-5-10-16(12)22-19(25)17-13(2)24(3)20(26)23-18(17)14-8-6-9-15(21)11-14/h4-11,18H,1-3H3,(H,22,25)(H,23,26)/t18-/m0/s1. The highest BCUT2D eigenvalue weighted by molar-refractivity contribution is 7.80. The molecule has 1 atom stereocenters. The molecule has 1 aliphatic rings. The van der Waals surface area contributed by atoms with E-state index in [1.807, 2.05) is 74.3 Å². The van der Waals surface area contributed by atoms with Crippen LogP contribution in [0.3, 0.4) is 0 Å². The van der Waals surface area contributed by atoms with Gasteiger partial charge in [0.05, 0.1) is 11.6 Å². The highest BCUT2D eigenvalue weighted by atomic mass is 35.5.